The van der Waals surface area contributed by atoms with E-state index < -0.39 is 0 Å². The van der Waals surface area contributed by atoms with Crippen LogP contribution in [0.1, 0.15) is 5.56 Å². The number of ether oxygens (including phenoxy) is 2. The van der Waals surface area contributed by atoms with Crippen LogP contribution in [0.15, 0.2) is 42.5 Å². The molecule has 0 unspecified atom stereocenters. The summed E-state index contributed by atoms with van der Waals surface area (Å²) in [6.45, 7) is 1.76. The number of benzene rings is 2. The van der Waals surface area contributed by atoms with Crippen molar-refractivity contribution in [3.8, 4) is 11.5 Å². The molecule has 0 heterocycles. The molecule has 0 bridgehead atoms. The highest BCUT2D eigenvalue weighted by molar-refractivity contribution is 5.93. The van der Waals surface area contributed by atoms with Gasteiger partial charge >= 0.3 is 0 Å². The van der Waals surface area contributed by atoms with Crippen LogP contribution < -0.4 is 14.8 Å². The Labute approximate surface area is 122 Å². The van der Waals surface area contributed by atoms with Crippen molar-refractivity contribution in [2.24, 2.45) is 0 Å². The van der Waals surface area contributed by atoms with Gasteiger partial charge < -0.3 is 14.8 Å². The van der Waals surface area contributed by atoms with E-state index >= 15 is 0 Å². The summed E-state index contributed by atoms with van der Waals surface area (Å²) in [4.78, 5) is 11.9. The molecule has 0 aliphatic heterocycles. The first kappa shape index (κ1) is 14.8. The zero-order chi connectivity index (χ0) is 15.2. The van der Waals surface area contributed by atoms with E-state index in [9.17, 15) is 9.18 Å². The number of amides is 1. The fourth-order valence-electron chi connectivity index (χ4n) is 1.79. The predicted molar refractivity (Wildman–Crippen MR) is 78.3 cm³/mol. The Bertz CT molecular complexity index is 626. The molecule has 0 saturated carbocycles. The van der Waals surface area contributed by atoms with E-state index in [2.05, 4.69) is 5.32 Å². The molecule has 2 aromatic carbocycles. The molecule has 110 valence electrons. The van der Waals surface area contributed by atoms with Crippen LogP contribution in [-0.4, -0.2) is 19.6 Å². The lowest BCUT2D eigenvalue weighted by Crippen LogP contribution is -2.20. The summed E-state index contributed by atoms with van der Waals surface area (Å²) in [7, 11) is 1.54. The Morgan fingerprint density at radius 3 is 2.57 bits per heavy atom. The molecule has 0 atom stereocenters. The van der Waals surface area contributed by atoms with Crippen molar-refractivity contribution >= 4 is 11.6 Å². The average molecular weight is 289 g/mol. The van der Waals surface area contributed by atoms with Gasteiger partial charge in [0.1, 0.15) is 17.3 Å². The highest BCUT2D eigenvalue weighted by atomic mass is 19.1. The third-order valence-corrected chi connectivity index (χ3v) is 2.81. The van der Waals surface area contributed by atoms with Crippen molar-refractivity contribution < 1.29 is 18.7 Å². The molecule has 21 heavy (non-hydrogen) atoms. The number of aryl methyl sites for hydroxylation is 1. The van der Waals surface area contributed by atoms with Gasteiger partial charge in [-0.1, -0.05) is 6.07 Å². The topological polar surface area (TPSA) is 47.6 Å². The quantitative estimate of drug-likeness (QED) is 0.919. The van der Waals surface area contributed by atoms with Gasteiger partial charge in [-0.3, -0.25) is 4.79 Å². The van der Waals surface area contributed by atoms with Crippen LogP contribution in [0.25, 0.3) is 0 Å². The van der Waals surface area contributed by atoms with Crippen molar-refractivity contribution in [2.75, 3.05) is 19.0 Å². The molecule has 0 aliphatic carbocycles. The molecule has 0 fully saturated rings. The summed E-state index contributed by atoms with van der Waals surface area (Å²) in [5.41, 5.74) is 1.59. The van der Waals surface area contributed by atoms with E-state index in [4.69, 9.17) is 9.47 Å². The van der Waals surface area contributed by atoms with Crippen LogP contribution >= 0.6 is 0 Å². The van der Waals surface area contributed by atoms with Crippen molar-refractivity contribution in [2.45, 2.75) is 6.92 Å². The Hall–Kier alpha value is -2.56. The fourth-order valence-corrected chi connectivity index (χ4v) is 1.79. The minimum Gasteiger partial charge on any atom is -0.495 e. The Morgan fingerprint density at radius 2 is 1.90 bits per heavy atom. The maximum atomic E-state index is 12.7. The number of hydrogen-bond acceptors (Lipinski definition) is 3. The number of halogens is 1. The first-order valence-corrected chi connectivity index (χ1v) is 6.41. The van der Waals surface area contributed by atoms with E-state index in [0.717, 1.165) is 5.56 Å². The maximum absolute atomic E-state index is 12.7. The summed E-state index contributed by atoms with van der Waals surface area (Å²) in [5, 5.41) is 2.72. The van der Waals surface area contributed by atoms with Crippen LogP contribution in [0.3, 0.4) is 0 Å². The monoisotopic (exact) mass is 289 g/mol. The Kier molecular flexibility index (Phi) is 4.77. The van der Waals surface area contributed by atoms with Gasteiger partial charge in [0.25, 0.3) is 5.91 Å². The molecule has 2 rings (SSSR count). The smallest absolute Gasteiger partial charge is 0.262 e. The Balaban J connectivity index is 1.95. The summed E-state index contributed by atoms with van der Waals surface area (Å²) in [5.74, 6) is 0.345. The molecule has 1 N–H and O–H groups in total. The standard InChI is InChI=1S/C16H16FNO3/c1-11-3-8-15(20-2)14(9-11)18-16(19)10-21-13-6-4-12(17)5-7-13/h3-9H,10H2,1-2H3,(H,18,19). The molecule has 0 aliphatic rings. The van der Waals surface area contributed by atoms with Gasteiger partial charge in [0, 0.05) is 0 Å². The average Bonchev–Trinajstić information content (AvgIpc) is 2.47. The van der Waals surface area contributed by atoms with Gasteiger partial charge in [-0.2, -0.15) is 0 Å². The van der Waals surface area contributed by atoms with Crippen molar-refractivity contribution in [1.82, 2.24) is 0 Å². The zero-order valence-corrected chi connectivity index (χ0v) is 11.9. The second kappa shape index (κ2) is 6.74. The normalized spacial score (nSPS) is 10.0. The molecule has 0 radical (unpaired) electrons. The second-order valence-corrected chi connectivity index (χ2v) is 4.49. The van der Waals surface area contributed by atoms with Crippen LogP contribution in [0, 0.1) is 12.7 Å². The van der Waals surface area contributed by atoms with Gasteiger partial charge in [-0.05, 0) is 48.9 Å². The minimum absolute atomic E-state index is 0.164. The molecule has 0 spiro atoms. The fraction of sp³-hybridized carbons (Fsp3) is 0.188. The lowest BCUT2D eigenvalue weighted by Gasteiger charge is -2.11. The van der Waals surface area contributed by atoms with Crippen LogP contribution in [-0.2, 0) is 4.79 Å². The van der Waals surface area contributed by atoms with E-state index in [1.807, 2.05) is 19.1 Å². The number of rotatable bonds is 5. The molecular formula is C16H16FNO3. The lowest BCUT2D eigenvalue weighted by molar-refractivity contribution is -0.118. The van der Waals surface area contributed by atoms with E-state index in [1.165, 1.54) is 31.4 Å². The third kappa shape index (κ3) is 4.21. The zero-order valence-electron chi connectivity index (χ0n) is 11.9. The molecule has 5 heteroatoms. The molecule has 1 amide bonds. The molecule has 0 saturated heterocycles. The number of carbonyl (C=O) groups is 1. The number of anilines is 1. The van der Waals surface area contributed by atoms with E-state index in [0.29, 0.717) is 17.2 Å². The SMILES string of the molecule is COc1ccc(C)cc1NC(=O)COc1ccc(F)cc1. The van der Waals surface area contributed by atoms with E-state index in [1.54, 1.807) is 6.07 Å². The van der Waals surface area contributed by atoms with Gasteiger partial charge in [0.15, 0.2) is 6.61 Å². The Morgan fingerprint density at radius 1 is 1.19 bits per heavy atom. The van der Waals surface area contributed by atoms with Gasteiger partial charge in [0.05, 0.1) is 12.8 Å². The largest absolute Gasteiger partial charge is 0.495 e. The van der Waals surface area contributed by atoms with Crippen molar-refractivity contribution in [3.63, 3.8) is 0 Å². The number of nitrogens with one attached hydrogen (secondary N) is 1. The summed E-state index contributed by atoms with van der Waals surface area (Å²) >= 11 is 0. The van der Waals surface area contributed by atoms with Crippen LogP contribution in [0.4, 0.5) is 10.1 Å². The first-order valence-electron chi connectivity index (χ1n) is 6.41. The van der Waals surface area contributed by atoms with Gasteiger partial charge in [0.2, 0.25) is 0 Å². The van der Waals surface area contributed by atoms with Crippen LogP contribution in [0.5, 0.6) is 11.5 Å². The van der Waals surface area contributed by atoms with Gasteiger partial charge in [-0.25, -0.2) is 4.39 Å². The highest BCUT2D eigenvalue weighted by Crippen LogP contribution is 2.25. The molecule has 4 nitrogen and oxygen atoms in total. The first-order chi connectivity index (χ1) is 10.1. The van der Waals surface area contributed by atoms with Gasteiger partial charge in [-0.15, -0.1) is 0 Å². The lowest BCUT2D eigenvalue weighted by atomic mass is 10.2. The molecular weight excluding hydrogens is 273 g/mol. The number of hydrogen-bond donors (Lipinski definition) is 1. The van der Waals surface area contributed by atoms with Crippen molar-refractivity contribution in [1.29, 1.82) is 0 Å². The molecule has 0 aromatic heterocycles. The second-order valence-electron chi connectivity index (χ2n) is 4.49. The highest BCUT2D eigenvalue weighted by Gasteiger charge is 2.08. The van der Waals surface area contributed by atoms with Crippen molar-refractivity contribution in [3.05, 3.63) is 53.8 Å². The maximum Gasteiger partial charge on any atom is 0.262 e. The minimum atomic E-state index is -0.351. The summed E-state index contributed by atoms with van der Waals surface area (Å²) < 4.78 is 23.2. The van der Waals surface area contributed by atoms with Crippen LogP contribution in [0.2, 0.25) is 0 Å². The molecule has 2 aromatic rings. The number of carbonyl (C=O) groups excluding carboxylic acids is 1. The van der Waals surface area contributed by atoms with E-state index in [-0.39, 0.29) is 18.3 Å². The number of methoxy groups -OCH3 is 1. The summed E-state index contributed by atoms with van der Waals surface area (Å²) in [6.07, 6.45) is 0. The predicted octanol–water partition coefficient (Wildman–Crippen LogP) is 3.16. The third-order valence-electron chi connectivity index (χ3n) is 2.81. The summed E-state index contributed by atoms with van der Waals surface area (Å²) in [6, 6.07) is 11.0.